The standard InChI is InChI=1S/C24H20O2S.C6H7N/c25-27(26,19-7-2-1-3-8-19)20-13-10-18-12-14-22-21-9-5-4-6-17(21)11-15-23(22)24(18)16-20;1-2-4-6-7-5-3-1/h1-9,12,14-16,20H,10-11,13H2;1-7H. The van der Waals surface area contributed by atoms with Crippen LogP contribution in [-0.4, -0.2) is 13.7 Å². The highest BCUT2D eigenvalue weighted by Crippen LogP contribution is 2.26. The molecule has 6 rings (SSSR count). The van der Waals surface area contributed by atoms with E-state index < -0.39 is 15.1 Å². The normalized spacial score (nSPS) is 17.4. The third-order valence-corrected chi connectivity index (χ3v) is 8.55. The average molecular weight is 466 g/mol. The molecule has 1 atom stereocenters. The van der Waals surface area contributed by atoms with Crippen LogP contribution in [0.4, 0.5) is 0 Å². The van der Waals surface area contributed by atoms with E-state index in [0.717, 1.165) is 18.1 Å². The minimum atomic E-state index is -3.36. The van der Waals surface area contributed by atoms with E-state index >= 15 is 0 Å². The smallest absolute Gasteiger partial charge is 0.184 e. The molecule has 1 heterocycles. The van der Waals surface area contributed by atoms with Gasteiger partial charge in [-0.2, -0.15) is 0 Å². The van der Waals surface area contributed by atoms with E-state index in [1.807, 2.05) is 48.8 Å². The SMILES string of the molecule is C1=CC=CNC=C1.O=S(=O)(c1ccccc1)C1C=c2c(ccc3c2=CCc2ccccc2-3)CC1. The van der Waals surface area contributed by atoms with Crippen LogP contribution in [0, 0.1) is 0 Å². The zero-order chi connectivity index (χ0) is 23.4. The van der Waals surface area contributed by atoms with Crippen LogP contribution in [0.1, 0.15) is 17.5 Å². The molecule has 0 fully saturated rings. The number of nitrogens with one attached hydrogen (secondary N) is 1. The third-order valence-electron chi connectivity index (χ3n) is 6.45. The van der Waals surface area contributed by atoms with Crippen LogP contribution < -0.4 is 15.8 Å². The lowest BCUT2D eigenvalue weighted by Crippen LogP contribution is -2.38. The number of hydrogen-bond donors (Lipinski definition) is 1. The fraction of sp³-hybridized carbons (Fsp3) is 0.133. The van der Waals surface area contributed by atoms with Crippen molar-refractivity contribution in [1.29, 1.82) is 0 Å². The molecule has 3 aromatic carbocycles. The van der Waals surface area contributed by atoms with Gasteiger partial charge in [-0.1, -0.05) is 78.9 Å². The van der Waals surface area contributed by atoms with E-state index in [1.165, 1.54) is 27.5 Å². The van der Waals surface area contributed by atoms with Gasteiger partial charge in [0.15, 0.2) is 9.84 Å². The van der Waals surface area contributed by atoms with Gasteiger partial charge in [0.25, 0.3) is 0 Å². The Morgan fingerprint density at radius 3 is 2.24 bits per heavy atom. The van der Waals surface area contributed by atoms with Crippen LogP contribution in [0.25, 0.3) is 23.3 Å². The predicted octanol–water partition coefficient (Wildman–Crippen LogP) is 4.43. The van der Waals surface area contributed by atoms with E-state index in [0.29, 0.717) is 11.3 Å². The number of rotatable bonds is 2. The van der Waals surface area contributed by atoms with E-state index in [2.05, 4.69) is 47.8 Å². The molecule has 0 spiro atoms. The Kier molecular flexibility index (Phi) is 6.33. The highest BCUT2D eigenvalue weighted by atomic mass is 32.2. The average Bonchev–Trinajstić information content (AvgIpc) is 3.22. The summed E-state index contributed by atoms with van der Waals surface area (Å²) in [6.07, 6.45) is 18.1. The maximum atomic E-state index is 13.1. The predicted molar refractivity (Wildman–Crippen MR) is 140 cm³/mol. The van der Waals surface area contributed by atoms with Crippen molar-refractivity contribution in [2.45, 2.75) is 29.4 Å². The van der Waals surface area contributed by atoms with E-state index in [4.69, 9.17) is 0 Å². The summed E-state index contributed by atoms with van der Waals surface area (Å²) in [5, 5.41) is 4.76. The van der Waals surface area contributed by atoms with Crippen molar-refractivity contribution in [2.75, 3.05) is 0 Å². The van der Waals surface area contributed by atoms with Crippen molar-refractivity contribution in [3.63, 3.8) is 0 Å². The summed E-state index contributed by atoms with van der Waals surface area (Å²) in [5.41, 5.74) is 5.06. The van der Waals surface area contributed by atoms with Gasteiger partial charge < -0.3 is 5.32 Å². The number of fused-ring (bicyclic) bond motifs is 5. The van der Waals surface area contributed by atoms with Gasteiger partial charge in [0.05, 0.1) is 10.1 Å². The van der Waals surface area contributed by atoms with Crippen LogP contribution in [0.15, 0.2) is 108 Å². The van der Waals surface area contributed by atoms with E-state index in [1.54, 1.807) is 24.3 Å². The van der Waals surface area contributed by atoms with Crippen molar-refractivity contribution in [3.05, 3.63) is 125 Å². The number of sulfone groups is 1. The Hall–Kier alpha value is -3.63. The Morgan fingerprint density at radius 2 is 1.44 bits per heavy atom. The second kappa shape index (κ2) is 9.70. The summed E-state index contributed by atoms with van der Waals surface area (Å²) >= 11 is 0. The van der Waals surface area contributed by atoms with Crippen molar-refractivity contribution >= 4 is 22.0 Å². The summed E-state index contributed by atoms with van der Waals surface area (Å²) < 4.78 is 26.2. The summed E-state index contributed by atoms with van der Waals surface area (Å²) in [7, 11) is -3.36. The zero-order valence-electron chi connectivity index (χ0n) is 18.9. The van der Waals surface area contributed by atoms with Crippen molar-refractivity contribution < 1.29 is 8.42 Å². The molecule has 0 saturated heterocycles. The van der Waals surface area contributed by atoms with Crippen LogP contribution in [0.5, 0.6) is 0 Å². The quantitative estimate of drug-likeness (QED) is 0.609. The molecule has 2 aliphatic carbocycles. The lowest BCUT2D eigenvalue weighted by molar-refractivity contribution is 0.585. The molecule has 1 aliphatic heterocycles. The summed E-state index contributed by atoms with van der Waals surface area (Å²) in [6, 6.07) is 21.7. The minimum Gasteiger partial charge on any atom is -0.368 e. The first kappa shape index (κ1) is 22.2. The van der Waals surface area contributed by atoms with Crippen molar-refractivity contribution in [1.82, 2.24) is 5.32 Å². The summed E-state index contributed by atoms with van der Waals surface area (Å²) in [4.78, 5) is 0.411. The van der Waals surface area contributed by atoms with Gasteiger partial charge in [-0.05, 0) is 76.2 Å². The Morgan fingerprint density at radius 1 is 0.706 bits per heavy atom. The molecule has 1 unspecified atom stereocenters. The van der Waals surface area contributed by atoms with Gasteiger partial charge in [-0.25, -0.2) is 8.42 Å². The molecular formula is C30H27NO2S. The molecule has 170 valence electrons. The first-order valence-electron chi connectivity index (χ1n) is 11.6. The number of benzene rings is 3. The van der Waals surface area contributed by atoms with Gasteiger partial charge in [0, 0.05) is 12.4 Å². The first-order chi connectivity index (χ1) is 16.6. The van der Waals surface area contributed by atoms with E-state index in [9.17, 15) is 8.42 Å². The van der Waals surface area contributed by atoms with Gasteiger partial charge >= 0.3 is 0 Å². The Balaban J connectivity index is 0.000000297. The fourth-order valence-corrected chi connectivity index (χ4v) is 6.36. The summed E-state index contributed by atoms with van der Waals surface area (Å²) in [5.74, 6) is 0. The second-order valence-corrected chi connectivity index (χ2v) is 10.7. The van der Waals surface area contributed by atoms with Gasteiger partial charge in [-0.15, -0.1) is 0 Å². The minimum absolute atomic E-state index is 0.411. The molecule has 34 heavy (non-hydrogen) atoms. The molecule has 0 aromatic heterocycles. The van der Waals surface area contributed by atoms with Crippen LogP contribution in [0.2, 0.25) is 0 Å². The molecular weight excluding hydrogens is 438 g/mol. The second-order valence-electron chi connectivity index (χ2n) is 8.54. The van der Waals surface area contributed by atoms with Crippen LogP contribution >= 0.6 is 0 Å². The lowest BCUT2D eigenvalue weighted by atomic mass is 9.87. The fourth-order valence-electron chi connectivity index (χ4n) is 4.73. The zero-order valence-corrected chi connectivity index (χ0v) is 19.7. The molecule has 4 heteroatoms. The first-order valence-corrected chi connectivity index (χ1v) is 13.1. The van der Waals surface area contributed by atoms with Gasteiger partial charge in [0.2, 0.25) is 0 Å². The molecule has 0 bridgehead atoms. The Labute approximate surface area is 201 Å². The number of hydrogen-bond acceptors (Lipinski definition) is 3. The molecule has 0 saturated carbocycles. The topological polar surface area (TPSA) is 46.2 Å². The maximum Gasteiger partial charge on any atom is 0.184 e. The molecule has 3 aromatic rings. The third kappa shape index (κ3) is 4.42. The monoisotopic (exact) mass is 465 g/mol. The largest absolute Gasteiger partial charge is 0.368 e. The molecule has 1 N–H and O–H groups in total. The molecule has 0 amide bonds. The highest BCUT2D eigenvalue weighted by Gasteiger charge is 2.28. The van der Waals surface area contributed by atoms with Crippen LogP contribution in [-0.2, 0) is 22.7 Å². The van der Waals surface area contributed by atoms with Crippen molar-refractivity contribution in [2.24, 2.45) is 0 Å². The number of aryl methyl sites for hydroxylation is 1. The van der Waals surface area contributed by atoms with Crippen LogP contribution in [0.3, 0.4) is 0 Å². The highest BCUT2D eigenvalue weighted by molar-refractivity contribution is 7.92. The maximum absolute atomic E-state index is 13.1. The lowest BCUT2D eigenvalue weighted by Gasteiger charge is -2.22. The van der Waals surface area contributed by atoms with Crippen molar-refractivity contribution in [3.8, 4) is 11.1 Å². The molecule has 3 aliphatic rings. The Bertz CT molecular complexity index is 1500. The van der Waals surface area contributed by atoms with Gasteiger partial charge in [-0.3, -0.25) is 0 Å². The molecule has 0 radical (unpaired) electrons. The summed E-state index contributed by atoms with van der Waals surface area (Å²) in [6.45, 7) is 0. The molecule has 3 nitrogen and oxygen atoms in total. The van der Waals surface area contributed by atoms with Gasteiger partial charge in [0.1, 0.15) is 0 Å². The number of allylic oxidation sites excluding steroid dienone is 4. The van der Waals surface area contributed by atoms with E-state index in [-0.39, 0.29) is 0 Å².